The second-order valence-corrected chi connectivity index (χ2v) is 9.57. The molecule has 3 aromatic heterocycles. The van der Waals surface area contributed by atoms with Crippen LogP contribution in [0.4, 0.5) is 0 Å². The van der Waals surface area contributed by atoms with Crippen LogP contribution >= 0.6 is 11.3 Å². The third-order valence-corrected chi connectivity index (χ3v) is 6.81. The van der Waals surface area contributed by atoms with Gasteiger partial charge in [-0.1, -0.05) is 60.7 Å². The van der Waals surface area contributed by atoms with E-state index >= 15 is 0 Å². The smallest absolute Gasteiger partial charge is 0.303 e. The standard InChI is InChI=1S/C29H24N4O5S/c34-23(35)12-7-13-30-28(37)25-27(36)21-14-20(19-10-5-2-6-11-19)29(38)33(15-18-8-3-1-4-9-18)26(21)24(32-25)22-16-39-17-31-22/h1-6,8-11,14,16-17,36H,7,12-13,15H2,(H,30,37)(H,34,35). The minimum atomic E-state index is -0.966. The van der Waals surface area contributed by atoms with Crippen LogP contribution in [0, 0.1) is 0 Å². The van der Waals surface area contributed by atoms with Gasteiger partial charge in [-0.05, 0) is 23.6 Å². The lowest BCUT2D eigenvalue weighted by atomic mass is 10.0. The predicted molar refractivity (Wildman–Crippen MR) is 149 cm³/mol. The summed E-state index contributed by atoms with van der Waals surface area (Å²) in [5.41, 5.74) is 4.11. The molecule has 5 rings (SSSR count). The first-order chi connectivity index (χ1) is 18.9. The molecule has 0 aliphatic rings. The number of thiazole rings is 1. The molecule has 0 radical (unpaired) electrons. The quantitative estimate of drug-likeness (QED) is 0.234. The van der Waals surface area contributed by atoms with Crippen LogP contribution in [-0.2, 0) is 11.3 Å². The number of carbonyl (C=O) groups is 2. The highest BCUT2D eigenvalue weighted by atomic mass is 32.1. The molecular formula is C29H24N4O5S. The third kappa shape index (κ3) is 5.41. The van der Waals surface area contributed by atoms with Gasteiger partial charge in [-0.2, -0.15) is 0 Å². The molecule has 3 heterocycles. The Morgan fingerprint density at radius 1 is 1.03 bits per heavy atom. The number of nitrogens with one attached hydrogen (secondary N) is 1. The van der Waals surface area contributed by atoms with Crippen molar-refractivity contribution in [3.05, 3.63) is 99.2 Å². The summed E-state index contributed by atoms with van der Waals surface area (Å²) in [6, 6.07) is 20.2. The van der Waals surface area contributed by atoms with Gasteiger partial charge < -0.3 is 20.1 Å². The summed E-state index contributed by atoms with van der Waals surface area (Å²) in [7, 11) is 0. The Morgan fingerprint density at radius 2 is 1.74 bits per heavy atom. The van der Waals surface area contributed by atoms with Gasteiger partial charge in [0.2, 0.25) is 0 Å². The van der Waals surface area contributed by atoms with Crippen molar-refractivity contribution in [1.82, 2.24) is 19.9 Å². The Morgan fingerprint density at radius 3 is 2.41 bits per heavy atom. The molecule has 0 saturated heterocycles. The van der Waals surface area contributed by atoms with Crippen molar-refractivity contribution in [1.29, 1.82) is 0 Å². The van der Waals surface area contributed by atoms with Gasteiger partial charge in [-0.15, -0.1) is 11.3 Å². The van der Waals surface area contributed by atoms with Crippen molar-refractivity contribution in [3.8, 4) is 28.3 Å². The average Bonchev–Trinajstić information content (AvgIpc) is 3.48. The van der Waals surface area contributed by atoms with E-state index in [1.54, 1.807) is 21.5 Å². The Labute approximate surface area is 227 Å². The topological polar surface area (TPSA) is 134 Å². The van der Waals surface area contributed by atoms with E-state index < -0.39 is 11.9 Å². The molecule has 10 heteroatoms. The number of carboxylic acids is 1. The molecule has 0 fully saturated rings. The summed E-state index contributed by atoms with van der Waals surface area (Å²) in [4.78, 5) is 46.8. The predicted octanol–water partition coefficient (Wildman–Crippen LogP) is 4.54. The number of pyridine rings is 2. The number of aliphatic carboxylic acids is 1. The largest absolute Gasteiger partial charge is 0.505 e. The minimum absolute atomic E-state index is 0.0963. The van der Waals surface area contributed by atoms with Crippen LogP contribution in [0.15, 0.2) is 82.4 Å². The zero-order valence-corrected chi connectivity index (χ0v) is 21.5. The van der Waals surface area contributed by atoms with E-state index in [4.69, 9.17) is 5.11 Å². The molecule has 0 spiro atoms. The number of fused-ring (bicyclic) bond motifs is 1. The van der Waals surface area contributed by atoms with E-state index in [1.807, 2.05) is 60.7 Å². The van der Waals surface area contributed by atoms with Gasteiger partial charge in [0, 0.05) is 29.3 Å². The summed E-state index contributed by atoms with van der Waals surface area (Å²) in [6.45, 7) is 0.301. The molecule has 0 aliphatic heterocycles. The molecule has 0 atom stereocenters. The normalized spacial score (nSPS) is 11.0. The van der Waals surface area contributed by atoms with E-state index in [0.29, 0.717) is 22.3 Å². The van der Waals surface area contributed by atoms with Crippen LogP contribution < -0.4 is 10.9 Å². The molecule has 3 N–H and O–H groups in total. The fraction of sp³-hybridized carbons (Fsp3) is 0.138. The van der Waals surface area contributed by atoms with Crippen LogP contribution in [0.3, 0.4) is 0 Å². The number of amides is 1. The van der Waals surface area contributed by atoms with Crippen molar-refractivity contribution >= 4 is 34.1 Å². The number of hydrogen-bond donors (Lipinski definition) is 3. The molecule has 2 aromatic carbocycles. The van der Waals surface area contributed by atoms with Gasteiger partial charge in [0.15, 0.2) is 11.4 Å². The Hall–Kier alpha value is -4.83. The molecule has 0 aliphatic carbocycles. The Bertz CT molecular complexity index is 1700. The lowest BCUT2D eigenvalue weighted by molar-refractivity contribution is -0.137. The maximum Gasteiger partial charge on any atom is 0.303 e. The van der Waals surface area contributed by atoms with Crippen LogP contribution in [0.2, 0.25) is 0 Å². The van der Waals surface area contributed by atoms with E-state index in [2.05, 4.69) is 15.3 Å². The first-order valence-corrected chi connectivity index (χ1v) is 13.2. The summed E-state index contributed by atoms with van der Waals surface area (Å²) < 4.78 is 1.56. The number of rotatable bonds is 9. The highest BCUT2D eigenvalue weighted by Gasteiger charge is 2.25. The van der Waals surface area contributed by atoms with Crippen LogP contribution in [-0.4, -0.2) is 43.2 Å². The van der Waals surface area contributed by atoms with Crippen molar-refractivity contribution in [2.45, 2.75) is 19.4 Å². The van der Waals surface area contributed by atoms with Crippen LogP contribution in [0.25, 0.3) is 33.4 Å². The molecule has 39 heavy (non-hydrogen) atoms. The fourth-order valence-corrected chi connectivity index (χ4v) is 4.92. The SMILES string of the molecule is O=C(O)CCCNC(=O)c1nc(-c2cscn2)c2c(cc(-c3ccccc3)c(=O)n2Cc2ccccc2)c1O. The highest BCUT2D eigenvalue weighted by Crippen LogP contribution is 2.36. The van der Waals surface area contributed by atoms with Crippen molar-refractivity contribution in [2.75, 3.05) is 6.54 Å². The number of carboxylic acid groups (broad SMARTS) is 1. The molecule has 0 unspecified atom stereocenters. The summed E-state index contributed by atoms with van der Waals surface area (Å²) in [5, 5.41) is 24.9. The fourth-order valence-electron chi connectivity index (χ4n) is 4.38. The number of hydrogen-bond acceptors (Lipinski definition) is 7. The van der Waals surface area contributed by atoms with Crippen molar-refractivity contribution in [3.63, 3.8) is 0 Å². The van der Waals surface area contributed by atoms with Gasteiger partial charge in [-0.3, -0.25) is 14.4 Å². The number of aromatic nitrogens is 3. The molecule has 196 valence electrons. The second-order valence-electron chi connectivity index (χ2n) is 8.85. The first-order valence-electron chi connectivity index (χ1n) is 12.2. The van der Waals surface area contributed by atoms with Gasteiger partial charge in [0.05, 0.1) is 17.6 Å². The monoisotopic (exact) mass is 540 g/mol. The van der Waals surface area contributed by atoms with E-state index in [1.165, 1.54) is 11.3 Å². The van der Waals surface area contributed by atoms with E-state index in [0.717, 1.165) is 5.56 Å². The van der Waals surface area contributed by atoms with Crippen molar-refractivity contribution < 1.29 is 19.8 Å². The molecule has 1 amide bonds. The van der Waals surface area contributed by atoms with Gasteiger partial charge >= 0.3 is 5.97 Å². The van der Waals surface area contributed by atoms with E-state index in [9.17, 15) is 19.5 Å². The lowest BCUT2D eigenvalue weighted by Crippen LogP contribution is -2.27. The first kappa shape index (κ1) is 25.8. The molecule has 9 nitrogen and oxygen atoms in total. The zero-order valence-electron chi connectivity index (χ0n) is 20.7. The van der Waals surface area contributed by atoms with E-state index in [-0.39, 0.29) is 54.0 Å². The van der Waals surface area contributed by atoms with Crippen molar-refractivity contribution in [2.24, 2.45) is 0 Å². The van der Waals surface area contributed by atoms with Crippen LogP contribution in [0.1, 0.15) is 28.9 Å². The average molecular weight is 541 g/mol. The molecule has 0 bridgehead atoms. The Balaban J connectivity index is 1.76. The molecular weight excluding hydrogens is 516 g/mol. The minimum Gasteiger partial charge on any atom is -0.505 e. The maximum atomic E-state index is 14.0. The number of nitrogens with zero attached hydrogens (tertiary/aromatic N) is 3. The zero-order chi connectivity index (χ0) is 27.4. The second kappa shape index (κ2) is 11.3. The summed E-state index contributed by atoms with van der Waals surface area (Å²) in [5.74, 6) is -2.00. The van der Waals surface area contributed by atoms with Gasteiger partial charge in [0.1, 0.15) is 11.4 Å². The molecule has 0 saturated carbocycles. The Kier molecular flexibility index (Phi) is 7.46. The summed E-state index contributed by atoms with van der Waals surface area (Å²) in [6.07, 6.45) is 0.122. The van der Waals surface area contributed by atoms with Gasteiger partial charge in [-0.25, -0.2) is 9.97 Å². The lowest BCUT2D eigenvalue weighted by Gasteiger charge is -2.18. The maximum absolute atomic E-state index is 14.0. The molecule has 5 aromatic rings. The number of carbonyl (C=O) groups excluding carboxylic acids is 1. The number of benzene rings is 2. The third-order valence-electron chi connectivity index (χ3n) is 6.23. The number of aromatic hydroxyl groups is 1. The highest BCUT2D eigenvalue weighted by molar-refractivity contribution is 7.07. The van der Waals surface area contributed by atoms with Gasteiger partial charge in [0.25, 0.3) is 11.5 Å². The summed E-state index contributed by atoms with van der Waals surface area (Å²) >= 11 is 1.34. The van der Waals surface area contributed by atoms with Crippen LogP contribution in [0.5, 0.6) is 5.75 Å².